The molecule has 55 heavy (non-hydrogen) atoms. The fraction of sp³-hybridized carbons (Fsp3) is 0.857. The number of nitrogens with two attached hydrogens (primary N) is 1. The van der Waals surface area contributed by atoms with E-state index in [1.54, 1.807) is 0 Å². The number of amides is 5. The summed E-state index contributed by atoms with van der Waals surface area (Å²) >= 11 is 0. The maximum absolute atomic E-state index is 14.1. The predicted octanol–water partition coefficient (Wildman–Crippen LogP) is 3.96. The molecule has 5 amide bonds. The Balaban J connectivity index is 1.04. The lowest BCUT2D eigenvalue weighted by atomic mass is 9.79. The van der Waals surface area contributed by atoms with Crippen molar-refractivity contribution in [3.05, 3.63) is 0 Å². The molecule has 0 spiro atoms. The average Bonchev–Trinajstić information content (AvgIpc) is 3.19. The van der Waals surface area contributed by atoms with E-state index in [0.29, 0.717) is 57.8 Å². The van der Waals surface area contributed by atoms with Gasteiger partial charge >= 0.3 is 5.97 Å². The van der Waals surface area contributed by atoms with Crippen LogP contribution in [0.4, 0.5) is 0 Å². The van der Waals surface area contributed by atoms with Crippen LogP contribution in [0.2, 0.25) is 0 Å². The van der Waals surface area contributed by atoms with E-state index in [4.69, 9.17) is 5.73 Å². The Kier molecular flexibility index (Phi) is 14.9. The Labute approximate surface area is 327 Å². The summed E-state index contributed by atoms with van der Waals surface area (Å²) in [5.74, 6) is -3.80. The number of carboxylic acids is 1. The summed E-state index contributed by atoms with van der Waals surface area (Å²) in [5, 5.41) is 25.8. The Morgan fingerprint density at radius 1 is 0.327 bits per heavy atom. The molecule has 6 aliphatic carbocycles. The summed E-state index contributed by atoms with van der Waals surface area (Å²) in [5.41, 5.74) is 6.31. The molecular formula is C42H68N6O7. The lowest BCUT2D eigenvalue weighted by Crippen LogP contribution is -2.57. The molecule has 6 saturated carbocycles. The van der Waals surface area contributed by atoms with Crippen molar-refractivity contribution in [2.24, 2.45) is 41.2 Å². The molecule has 0 aromatic rings. The highest BCUT2D eigenvalue weighted by atomic mass is 16.4. The first-order valence-electron chi connectivity index (χ1n) is 22.1. The van der Waals surface area contributed by atoms with Crippen molar-refractivity contribution in [3.8, 4) is 0 Å². The summed E-state index contributed by atoms with van der Waals surface area (Å²) < 4.78 is 0. The molecule has 0 heterocycles. The first-order valence-corrected chi connectivity index (χ1v) is 22.1. The number of aliphatic carboxylic acids is 1. The third-order valence-electron chi connectivity index (χ3n) is 14.3. The van der Waals surface area contributed by atoms with Crippen LogP contribution >= 0.6 is 0 Å². The molecule has 0 aromatic carbocycles. The molecule has 6 fully saturated rings. The van der Waals surface area contributed by atoms with Crippen molar-refractivity contribution in [1.82, 2.24) is 26.6 Å². The van der Waals surface area contributed by atoms with Crippen LogP contribution in [0.25, 0.3) is 0 Å². The van der Waals surface area contributed by atoms with E-state index in [2.05, 4.69) is 26.6 Å². The van der Waals surface area contributed by atoms with Gasteiger partial charge in [-0.15, -0.1) is 0 Å². The van der Waals surface area contributed by atoms with E-state index in [1.807, 2.05) is 0 Å². The highest BCUT2D eigenvalue weighted by Crippen LogP contribution is 2.33. The Bertz CT molecular complexity index is 1380. The van der Waals surface area contributed by atoms with Crippen molar-refractivity contribution < 1.29 is 33.9 Å². The SMILES string of the molecule is N[C@@H]1CCCC[C@H]1C(=O)N[C@@H]1CCCC[C@H]1C(=O)N[C@@H]1CCCC[C@H]1C(=O)N[C@@H]1CCCC[C@H]1C(=O)N[C@@H]1CCCC[C@H]1C(=O)N[C@@H]1CCCC[C@H]1C(=O)O. The van der Waals surface area contributed by atoms with Gasteiger partial charge in [0.05, 0.1) is 35.5 Å². The van der Waals surface area contributed by atoms with Gasteiger partial charge in [0.2, 0.25) is 29.5 Å². The molecule has 0 aliphatic heterocycles. The Hall–Kier alpha value is -3.22. The van der Waals surface area contributed by atoms with Crippen molar-refractivity contribution in [1.29, 1.82) is 0 Å². The van der Waals surface area contributed by atoms with Crippen LogP contribution in [0, 0.1) is 35.5 Å². The maximum atomic E-state index is 14.1. The van der Waals surface area contributed by atoms with Gasteiger partial charge in [0.25, 0.3) is 0 Å². The van der Waals surface area contributed by atoms with Crippen LogP contribution in [-0.2, 0) is 28.8 Å². The van der Waals surface area contributed by atoms with Gasteiger partial charge in [0.1, 0.15) is 0 Å². The molecule has 0 radical (unpaired) electrons. The van der Waals surface area contributed by atoms with Crippen LogP contribution in [0.5, 0.6) is 0 Å². The third kappa shape index (κ3) is 10.6. The van der Waals surface area contributed by atoms with Gasteiger partial charge in [-0.1, -0.05) is 77.0 Å². The average molecular weight is 769 g/mol. The number of carboxylic acid groups (broad SMARTS) is 1. The predicted molar refractivity (Wildman–Crippen MR) is 207 cm³/mol. The first kappa shape index (κ1) is 41.4. The fourth-order valence-electron chi connectivity index (χ4n) is 11.0. The molecule has 0 aromatic heterocycles. The molecule has 13 nitrogen and oxygen atoms in total. The van der Waals surface area contributed by atoms with Gasteiger partial charge in [-0.3, -0.25) is 28.8 Å². The summed E-state index contributed by atoms with van der Waals surface area (Å²) in [4.78, 5) is 80.6. The quantitative estimate of drug-likeness (QED) is 0.163. The molecule has 12 atom stereocenters. The third-order valence-corrected chi connectivity index (χ3v) is 14.3. The van der Waals surface area contributed by atoms with Gasteiger partial charge < -0.3 is 37.4 Å². The molecule has 6 rings (SSSR count). The minimum atomic E-state index is -0.871. The zero-order valence-electron chi connectivity index (χ0n) is 32.9. The standard InChI is InChI=1S/C42H68N6O7/c43-31-19-7-1-13-25(31)37(49)44-32-20-8-2-14-26(32)38(50)45-33-21-9-3-15-27(33)39(51)46-34-22-10-4-16-28(34)40(52)47-35-23-11-5-17-29(35)41(53)48-36-24-12-6-18-30(36)42(54)55/h25-36H,1-24,43H2,(H,44,49)(H,45,50)(H,46,51)(H,47,52)(H,48,53)(H,54,55)/t25-,26-,27-,28-,29-,30-,31-,32-,33-,34-,35-,36-/m1/s1. The minimum absolute atomic E-state index is 0.0338. The van der Waals surface area contributed by atoms with E-state index < -0.39 is 29.6 Å². The van der Waals surface area contributed by atoms with E-state index >= 15 is 0 Å². The lowest BCUT2D eigenvalue weighted by Gasteiger charge is -2.39. The summed E-state index contributed by atoms with van der Waals surface area (Å²) in [6.07, 6.45) is 19.4. The second kappa shape index (κ2) is 19.8. The van der Waals surface area contributed by atoms with Crippen LogP contribution in [-0.4, -0.2) is 76.9 Å². The fourth-order valence-corrected chi connectivity index (χ4v) is 11.0. The summed E-state index contributed by atoms with van der Waals surface area (Å²) in [6, 6.07) is -1.75. The summed E-state index contributed by atoms with van der Waals surface area (Å²) in [6.45, 7) is 0. The number of hydrogen-bond acceptors (Lipinski definition) is 7. The monoisotopic (exact) mass is 769 g/mol. The van der Waals surface area contributed by atoms with Crippen molar-refractivity contribution in [2.45, 2.75) is 190 Å². The highest BCUT2D eigenvalue weighted by Gasteiger charge is 2.42. The van der Waals surface area contributed by atoms with Crippen LogP contribution in [0.3, 0.4) is 0 Å². The molecule has 8 N–H and O–H groups in total. The van der Waals surface area contributed by atoms with E-state index in [0.717, 1.165) is 96.3 Å². The molecule has 308 valence electrons. The van der Waals surface area contributed by atoms with Crippen LogP contribution < -0.4 is 32.3 Å². The number of nitrogens with one attached hydrogen (secondary N) is 5. The molecule has 6 aliphatic rings. The topological polar surface area (TPSA) is 209 Å². The van der Waals surface area contributed by atoms with E-state index in [9.17, 15) is 33.9 Å². The second-order valence-corrected chi connectivity index (χ2v) is 17.9. The number of carbonyl (C=O) groups is 6. The Morgan fingerprint density at radius 3 is 0.836 bits per heavy atom. The van der Waals surface area contributed by atoms with Crippen molar-refractivity contribution in [2.75, 3.05) is 0 Å². The zero-order chi connectivity index (χ0) is 38.9. The zero-order valence-corrected chi connectivity index (χ0v) is 32.9. The molecule has 0 saturated heterocycles. The molecular weight excluding hydrogens is 700 g/mol. The van der Waals surface area contributed by atoms with Crippen molar-refractivity contribution >= 4 is 35.5 Å². The molecule has 0 bridgehead atoms. The first-order chi connectivity index (χ1) is 26.6. The maximum Gasteiger partial charge on any atom is 0.308 e. The lowest BCUT2D eigenvalue weighted by molar-refractivity contribution is -0.144. The number of rotatable bonds is 11. The number of carbonyl (C=O) groups excluding carboxylic acids is 5. The molecule has 13 heteroatoms. The van der Waals surface area contributed by atoms with Gasteiger partial charge in [0, 0.05) is 36.3 Å². The van der Waals surface area contributed by atoms with E-state index in [-0.39, 0.29) is 77.6 Å². The largest absolute Gasteiger partial charge is 0.481 e. The normalized spacial score (nSPS) is 37.0. The minimum Gasteiger partial charge on any atom is -0.481 e. The molecule has 0 unspecified atom stereocenters. The second-order valence-electron chi connectivity index (χ2n) is 17.9. The highest BCUT2D eigenvalue weighted by molar-refractivity contribution is 5.87. The van der Waals surface area contributed by atoms with Gasteiger partial charge in [0.15, 0.2) is 0 Å². The van der Waals surface area contributed by atoms with Gasteiger partial charge in [-0.25, -0.2) is 0 Å². The van der Waals surface area contributed by atoms with Crippen molar-refractivity contribution in [3.63, 3.8) is 0 Å². The van der Waals surface area contributed by atoms with Crippen LogP contribution in [0.15, 0.2) is 0 Å². The Morgan fingerprint density at radius 2 is 0.545 bits per heavy atom. The summed E-state index contributed by atoms with van der Waals surface area (Å²) in [7, 11) is 0. The smallest absolute Gasteiger partial charge is 0.308 e. The van der Waals surface area contributed by atoms with E-state index in [1.165, 1.54) is 0 Å². The van der Waals surface area contributed by atoms with Crippen LogP contribution in [0.1, 0.15) is 154 Å². The van der Waals surface area contributed by atoms with Gasteiger partial charge in [-0.05, 0) is 77.0 Å². The number of hydrogen-bond donors (Lipinski definition) is 7. The van der Waals surface area contributed by atoms with Gasteiger partial charge in [-0.2, -0.15) is 0 Å².